The fourth-order valence-corrected chi connectivity index (χ4v) is 1.49. The van der Waals surface area contributed by atoms with Crippen molar-refractivity contribution in [3.05, 3.63) is 0 Å². The number of nitrogens with two attached hydrogens (primary N) is 1. The maximum Gasteiger partial charge on any atom is 0.0591 e. The average molecular weight is 216 g/mol. The van der Waals surface area contributed by atoms with Crippen LogP contribution in [0.1, 0.15) is 45.4 Å². The van der Waals surface area contributed by atoms with Crippen molar-refractivity contribution < 1.29 is 4.74 Å². The van der Waals surface area contributed by atoms with E-state index < -0.39 is 0 Å². The van der Waals surface area contributed by atoms with Crippen LogP contribution in [0.4, 0.5) is 0 Å². The molecule has 92 valence electrons. The van der Waals surface area contributed by atoms with Gasteiger partial charge in [0.05, 0.1) is 13.2 Å². The second-order valence-corrected chi connectivity index (χ2v) is 3.92. The Labute approximate surface area is 94.8 Å². The summed E-state index contributed by atoms with van der Waals surface area (Å²) in [6.07, 6.45) is 8.16. The van der Waals surface area contributed by atoms with E-state index in [4.69, 9.17) is 10.5 Å². The molecule has 15 heavy (non-hydrogen) atoms. The van der Waals surface area contributed by atoms with Crippen LogP contribution < -0.4 is 11.1 Å². The number of nitrogens with one attached hydrogen (secondary N) is 1. The third-order valence-electron chi connectivity index (χ3n) is 2.39. The third kappa shape index (κ3) is 13.9. The highest BCUT2D eigenvalue weighted by atomic mass is 16.5. The van der Waals surface area contributed by atoms with E-state index in [-0.39, 0.29) is 0 Å². The Balaban J connectivity index is 2.81. The lowest BCUT2D eigenvalue weighted by atomic mass is 10.1. The number of ether oxygens (including phenoxy) is 1. The summed E-state index contributed by atoms with van der Waals surface area (Å²) in [5.74, 6) is 0. The van der Waals surface area contributed by atoms with Crippen molar-refractivity contribution in [2.45, 2.75) is 45.4 Å². The molecule has 0 aromatic heterocycles. The van der Waals surface area contributed by atoms with Crippen LogP contribution in [0.25, 0.3) is 0 Å². The molecule has 3 nitrogen and oxygen atoms in total. The molecule has 3 N–H and O–H groups in total. The van der Waals surface area contributed by atoms with Gasteiger partial charge in [-0.2, -0.15) is 0 Å². The highest BCUT2D eigenvalue weighted by Gasteiger charge is 1.90. The van der Waals surface area contributed by atoms with Crippen LogP contribution in [0.2, 0.25) is 0 Å². The van der Waals surface area contributed by atoms with E-state index >= 15 is 0 Å². The first-order valence-electron chi connectivity index (χ1n) is 6.40. The van der Waals surface area contributed by atoms with Crippen molar-refractivity contribution in [2.24, 2.45) is 5.73 Å². The molecule has 0 amide bonds. The van der Waals surface area contributed by atoms with Gasteiger partial charge < -0.3 is 15.8 Å². The zero-order valence-corrected chi connectivity index (χ0v) is 10.3. The summed E-state index contributed by atoms with van der Waals surface area (Å²) in [6, 6.07) is 0. The molecule has 0 aliphatic heterocycles. The Morgan fingerprint density at radius 3 is 2.40 bits per heavy atom. The van der Waals surface area contributed by atoms with Crippen LogP contribution in [0.15, 0.2) is 0 Å². The molecule has 0 saturated carbocycles. The zero-order chi connectivity index (χ0) is 11.2. The molecule has 0 aromatic rings. The summed E-state index contributed by atoms with van der Waals surface area (Å²) in [4.78, 5) is 0. The van der Waals surface area contributed by atoms with Crippen LogP contribution in [-0.4, -0.2) is 32.8 Å². The number of unbranched alkanes of at least 4 members (excludes halogenated alkanes) is 5. The van der Waals surface area contributed by atoms with Crippen LogP contribution in [0.5, 0.6) is 0 Å². The van der Waals surface area contributed by atoms with Gasteiger partial charge >= 0.3 is 0 Å². The predicted molar refractivity (Wildman–Crippen MR) is 66.1 cm³/mol. The van der Waals surface area contributed by atoms with Crippen molar-refractivity contribution >= 4 is 0 Å². The van der Waals surface area contributed by atoms with Gasteiger partial charge in [0.25, 0.3) is 0 Å². The first-order chi connectivity index (χ1) is 7.41. The summed E-state index contributed by atoms with van der Waals surface area (Å²) in [6.45, 7) is 6.42. The normalized spacial score (nSPS) is 10.8. The predicted octanol–water partition coefficient (Wildman–Crippen LogP) is 1.91. The molecule has 0 fully saturated rings. The van der Waals surface area contributed by atoms with Gasteiger partial charge in [-0.3, -0.25) is 0 Å². The monoisotopic (exact) mass is 216 g/mol. The van der Waals surface area contributed by atoms with Gasteiger partial charge in [-0.15, -0.1) is 0 Å². The second kappa shape index (κ2) is 13.9. The van der Waals surface area contributed by atoms with Crippen molar-refractivity contribution in [2.75, 3.05) is 32.8 Å². The first kappa shape index (κ1) is 14.9. The molecular formula is C12H28N2O. The Hall–Kier alpha value is -0.120. The summed E-state index contributed by atoms with van der Waals surface area (Å²) in [7, 11) is 0. The van der Waals surface area contributed by atoms with E-state index in [1.807, 2.05) is 0 Å². The van der Waals surface area contributed by atoms with Crippen molar-refractivity contribution in [3.63, 3.8) is 0 Å². The lowest BCUT2D eigenvalue weighted by Crippen LogP contribution is -2.22. The molecule has 0 spiro atoms. The molecule has 0 aliphatic rings. The Morgan fingerprint density at radius 2 is 1.67 bits per heavy atom. The van der Waals surface area contributed by atoms with Crippen molar-refractivity contribution in [1.29, 1.82) is 0 Å². The third-order valence-corrected chi connectivity index (χ3v) is 2.39. The largest absolute Gasteiger partial charge is 0.379 e. The molecular weight excluding hydrogens is 188 g/mol. The van der Waals surface area contributed by atoms with Crippen LogP contribution in [0, 0.1) is 0 Å². The van der Waals surface area contributed by atoms with Gasteiger partial charge in [-0.1, -0.05) is 39.0 Å². The summed E-state index contributed by atoms with van der Waals surface area (Å²) in [5.41, 5.74) is 5.30. The second-order valence-electron chi connectivity index (χ2n) is 3.92. The van der Waals surface area contributed by atoms with Gasteiger partial charge in [-0.25, -0.2) is 0 Å². The van der Waals surface area contributed by atoms with Crippen LogP contribution >= 0.6 is 0 Å². The van der Waals surface area contributed by atoms with Crippen LogP contribution in [-0.2, 0) is 4.74 Å². The van der Waals surface area contributed by atoms with Gasteiger partial charge in [0.1, 0.15) is 0 Å². The minimum atomic E-state index is 0.622. The zero-order valence-electron chi connectivity index (χ0n) is 10.3. The molecule has 0 atom stereocenters. The van der Waals surface area contributed by atoms with Gasteiger partial charge in [-0.05, 0) is 13.0 Å². The van der Waals surface area contributed by atoms with Gasteiger partial charge in [0.2, 0.25) is 0 Å². The SMILES string of the molecule is CCCCCCCCNCCOCCN. The molecule has 0 aliphatic carbocycles. The fourth-order valence-electron chi connectivity index (χ4n) is 1.49. The molecule has 0 aromatic carbocycles. The number of hydrogen-bond donors (Lipinski definition) is 2. The molecule has 3 heteroatoms. The summed E-state index contributed by atoms with van der Waals surface area (Å²) >= 11 is 0. The van der Waals surface area contributed by atoms with E-state index in [2.05, 4.69) is 12.2 Å². The smallest absolute Gasteiger partial charge is 0.0591 e. The van der Waals surface area contributed by atoms with Crippen molar-refractivity contribution in [3.8, 4) is 0 Å². The molecule has 0 radical (unpaired) electrons. The topological polar surface area (TPSA) is 47.3 Å². The highest BCUT2D eigenvalue weighted by Crippen LogP contribution is 2.03. The lowest BCUT2D eigenvalue weighted by molar-refractivity contribution is 0.143. The summed E-state index contributed by atoms with van der Waals surface area (Å²) in [5, 5.41) is 3.37. The number of rotatable bonds is 12. The van der Waals surface area contributed by atoms with Gasteiger partial charge in [0.15, 0.2) is 0 Å². The van der Waals surface area contributed by atoms with Crippen LogP contribution in [0.3, 0.4) is 0 Å². The molecule has 0 bridgehead atoms. The minimum absolute atomic E-state index is 0.622. The van der Waals surface area contributed by atoms with E-state index in [1.54, 1.807) is 0 Å². The average Bonchev–Trinajstić information content (AvgIpc) is 2.26. The van der Waals surface area contributed by atoms with E-state index in [9.17, 15) is 0 Å². The quantitative estimate of drug-likeness (QED) is 0.490. The highest BCUT2D eigenvalue weighted by molar-refractivity contribution is 4.49. The standard InChI is InChI=1S/C12H28N2O/c1-2-3-4-5-6-7-9-14-10-12-15-11-8-13/h14H,2-13H2,1H3. The maximum absolute atomic E-state index is 5.30. The van der Waals surface area contributed by atoms with E-state index in [1.165, 1.54) is 38.5 Å². The van der Waals surface area contributed by atoms with E-state index in [0.29, 0.717) is 13.2 Å². The Morgan fingerprint density at radius 1 is 0.933 bits per heavy atom. The molecule has 0 heterocycles. The molecule has 0 rings (SSSR count). The Kier molecular flexibility index (Phi) is 13.8. The molecule has 0 saturated heterocycles. The van der Waals surface area contributed by atoms with Gasteiger partial charge in [0, 0.05) is 13.1 Å². The maximum atomic E-state index is 5.30. The van der Waals surface area contributed by atoms with Crippen molar-refractivity contribution in [1.82, 2.24) is 5.32 Å². The van der Waals surface area contributed by atoms with E-state index in [0.717, 1.165) is 19.7 Å². The first-order valence-corrected chi connectivity index (χ1v) is 6.40. The fraction of sp³-hybridized carbons (Fsp3) is 1.00. The lowest BCUT2D eigenvalue weighted by Gasteiger charge is -2.05. The summed E-state index contributed by atoms with van der Waals surface area (Å²) < 4.78 is 5.25. The molecule has 0 unspecified atom stereocenters. The number of hydrogen-bond acceptors (Lipinski definition) is 3. The Bertz CT molecular complexity index is 97.8. The minimum Gasteiger partial charge on any atom is -0.379 e.